The molecule has 1 aliphatic rings. The van der Waals surface area contributed by atoms with E-state index in [4.69, 9.17) is 0 Å². The third kappa shape index (κ3) is 3.26. The molecule has 2 aromatic heterocycles. The minimum atomic E-state index is -0.473. The average Bonchev–Trinajstić information content (AvgIpc) is 3.10. The molecule has 23 heavy (non-hydrogen) atoms. The summed E-state index contributed by atoms with van der Waals surface area (Å²) in [6, 6.07) is 1.29. The van der Waals surface area contributed by atoms with Gasteiger partial charge in [-0.1, -0.05) is 0 Å². The number of amides is 1. The van der Waals surface area contributed by atoms with Crippen LogP contribution in [0.4, 0.5) is 0 Å². The predicted molar refractivity (Wildman–Crippen MR) is 86.6 cm³/mol. The Morgan fingerprint density at radius 1 is 1.43 bits per heavy atom. The van der Waals surface area contributed by atoms with Gasteiger partial charge in [0.15, 0.2) is 0 Å². The van der Waals surface area contributed by atoms with Crippen molar-refractivity contribution in [1.29, 1.82) is 0 Å². The van der Waals surface area contributed by atoms with Gasteiger partial charge in [-0.2, -0.15) is 0 Å². The Morgan fingerprint density at radius 2 is 2.26 bits per heavy atom. The zero-order valence-corrected chi connectivity index (χ0v) is 13.7. The van der Waals surface area contributed by atoms with Crippen molar-refractivity contribution in [1.82, 2.24) is 19.0 Å². The highest BCUT2D eigenvalue weighted by Crippen LogP contribution is 2.28. The lowest BCUT2D eigenvalue weighted by atomic mass is 9.99. The normalized spacial score (nSPS) is 18.1. The molecule has 7 nitrogen and oxygen atoms in total. The molecule has 1 unspecified atom stereocenters. The van der Waals surface area contributed by atoms with E-state index >= 15 is 0 Å². The average molecular weight is 334 g/mol. The third-order valence-corrected chi connectivity index (χ3v) is 5.08. The molecule has 122 valence electrons. The molecule has 0 radical (unpaired) electrons. The van der Waals surface area contributed by atoms with Gasteiger partial charge in [0.2, 0.25) is 5.91 Å². The first-order valence-corrected chi connectivity index (χ1v) is 8.38. The maximum Gasteiger partial charge on any atom is 0.331 e. The quantitative estimate of drug-likeness (QED) is 0.814. The second-order valence-electron chi connectivity index (χ2n) is 5.67. The molecule has 1 amide bonds. The van der Waals surface area contributed by atoms with E-state index in [-0.39, 0.29) is 23.9 Å². The van der Waals surface area contributed by atoms with Crippen molar-refractivity contribution >= 4 is 17.2 Å². The number of rotatable bonds is 3. The molecule has 0 saturated carbocycles. The highest BCUT2D eigenvalue weighted by Gasteiger charge is 2.26. The van der Waals surface area contributed by atoms with Gasteiger partial charge in [0, 0.05) is 49.9 Å². The number of thiazole rings is 1. The highest BCUT2D eigenvalue weighted by molar-refractivity contribution is 7.09. The summed E-state index contributed by atoms with van der Waals surface area (Å²) in [7, 11) is 1.41. The van der Waals surface area contributed by atoms with Crippen LogP contribution in [0, 0.1) is 0 Å². The van der Waals surface area contributed by atoms with Crippen LogP contribution in [-0.2, 0) is 18.4 Å². The molecule has 0 aromatic carbocycles. The second kappa shape index (κ2) is 6.49. The van der Waals surface area contributed by atoms with E-state index in [1.165, 1.54) is 23.9 Å². The van der Waals surface area contributed by atoms with Gasteiger partial charge in [0.1, 0.15) is 6.54 Å². The number of carbonyl (C=O) groups excluding carboxylic acids is 1. The zero-order valence-electron chi connectivity index (χ0n) is 12.8. The Labute approximate surface area is 136 Å². The minimum Gasteiger partial charge on any atom is -0.340 e. The van der Waals surface area contributed by atoms with Gasteiger partial charge in [-0.25, -0.2) is 9.78 Å². The smallest absolute Gasteiger partial charge is 0.331 e. The van der Waals surface area contributed by atoms with Gasteiger partial charge in [-0.15, -0.1) is 11.3 Å². The van der Waals surface area contributed by atoms with E-state index in [9.17, 15) is 14.4 Å². The fraction of sp³-hybridized carbons (Fsp3) is 0.467. The molecular weight excluding hydrogens is 316 g/mol. The molecule has 0 bridgehead atoms. The Balaban J connectivity index is 1.72. The van der Waals surface area contributed by atoms with Crippen LogP contribution in [0.5, 0.6) is 0 Å². The van der Waals surface area contributed by atoms with Gasteiger partial charge in [0.25, 0.3) is 5.56 Å². The number of carbonyl (C=O) groups is 1. The second-order valence-corrected chi connectivity index (χ2v) is 6.60. The number of piperidine rings is 1. The van der Waals surface area contributed by atoms with Crippen LogP contribution in [0.3, 0.4) is 0 Å². The van der Waals surface area contributed by atoms with Gasteiger partial charge < -0.3 is 4.90 Å². The van der Waals surface area contributed by atoms with E-state index in [1.807, 2.05) is 5.38 Å². The molecule has 1 aliphatic heterocycles. The summed E-state index contributed by atoms with van der Waals surface area (Å²) >= 11 is 1.61. The van der Waals surface area contributed by atoms with Crippen LogP contribution in [0.15, 0.2) is 33.4 Å². The lowest BCUT2D eigenvalue weighted by molar-refractivity contribution is -0.133. The van der Waals surface area contributed by atoms with E-state index in [1.54, 1.807) is 22.4 Å². The number of hydrogen-bond acceptors (Lipinski definition) is 5. The number of nitrogens with zero attached hydrogens (tertiary/aromatic N) is 4. The van der Waals surface area contributed by atoms with E-state index in [2.05, 4.69) is 4.98 Å². The summed E-state index contributed by atoms with van der Waals surface area (Å²) < 4.78 is 2.28. The first kappa shape index (κ1) is 15.7. The molecular formula is C15H18N4O3S. The Bertz CT molecular complexity index is 809. The molecule has 1 saturated heterocycles. The van der Waals surface area contributed by atoms with E-state index in [0.29, 0.717) is 13.1 Å². The molecule has 0 aliphatic carbocycles. The van der Waals surface area contributed by atoms with E-state index < -0.39 is 5.69 Å². The Kier molecular flexibility index (Phi) is 4.42. The van der Waals surface area contributed by atoms with Crippen LogP contribution < -0.4 is 11.2 Å². The summed E-state index contributed by atoms with van der Waals surface area (Å²) in [4.78, 5) is 42.0. The van der Waals surface area contributed by atoms with Crippen molar-refractivity contribution in [2.24, 2.45) is 7.05 Å². The summed E-state index contributed by atoms with van der Waals surface area (Å²) in [5.41, 5.74) is -0.847. The Morgan fingerprint density at radius 3 is 3.00 bits per heavy atom. The van der Waals surface area contributed by atoms with Crippen molar-refractivity contribution in [3.8, 4) is 0 Å². The SMILES string of the molecule is Cn1c(=O)ccn(CC(=O)N2CCCC(c3nccs3)C2)c1=O. The van der Waals surface area contributed by atoms with Crippen molar-refractivity contribution < 1.29 is 4.79 Å². The fourth-order valence-corrected chi connectivity index (χ4v) is 3.59. The summed E-state index contributed by atoms with van der Waals surface area (Å²) in [6.45, 7) is 1.28. The molecule has 3 heterocycles. The number of aromatic nitrogens is 3. The standard InChI is InChI=1S/C15H18N4O3S/c1-17-12(20)4-7-19(15(17)22)10-13(21)18-6-2-3-11(9-18)14-16-5-8-23-14/h4-5,7-8,11H,2-3,6,9-10H2,1H3. The molecule has 3 rings (SSSR count). The summed E-state index contributed by atoms with van der Waals surface area (Å²) in [6.07, 6.45) is 5.12. The predicted octanol–water partition coefficient (Wildman–Crippen LogP) is 0.410. The van der Waals surface area contributed by atoms with E-state index in [0.717, 1.165) is 22.4 Å². The minimum absolute atomic E-state index is 0.0441. The van der Waals surface area contributed by atoms with Gasteiger partial charge in [0.05, 0.1) is 5.01 Å². The monoisotopic (exact) mass is 334 g/mol. The lowest BCUT2D eigenvalue weighted by Crippen LogP contribution is -2.44. The Hall–Kier alpha value is -2.22. The number of likely N-dealkylation sites (tertiary alicyclic amines) is 1. The fourth-order valence-electron chi connectivity index (χ4n) is 2.82. The van der Waals surface area contributed by atoms with Crippen LogP contribution in [0.2, 0.25) is 0 Å². The first-order chi connectivity index (χ1) is 11.1. The lowest BCUT2D eigenvalue weighted by Gasteiger charge is -2.32. The van der Waals surface area contributed by atoms with Gasteiger partial charge >= 0.3 is 5.69 Å². The molecule has 1 atom stereocenters. The largest absolute Gasteiger partial charge is 0.340 e. The van der Waals surface area contributed by atoms with Crippen molar-refractivity contribution in [3.63, 3.8) is 0 Å². The molecule has 8 heteroatoms. The molecule has 1 fully saturated rings. The first-order valence-electron chi connectivity index (χ1n) is 7.50. The van der Waals surface area contributed by atoms with Crippen LogP contribution >= 0.6 is 11.3 Å². The molecule has 2 aromatic rings. The van der Waals surface area contributed by atoms with Crippen molar-refractivity contribution in [2.45, 2.75) is 25.3 Å². The zero-order chi connectivity index (χ0) is 16.4. The maximum atomic E-state index is 12.5. The summed E-state index contributed by atoms with van der Waals surface area (Å²) in [5, 5.41) is 3.00. The highest BCUT2D eigenvalue weighted by atomic mass is 32.1. The van der Waals surface area contributed by atoms with Crippen molar-refractivity contribution in [3.05, 3.63) is 49.7 Å². The maximum absolute atomic E-state index is 12.5. The molecule has 0 N–H and O–H groups in total. The van der Waals surface area contributed by atoms with Gasteiger partial charge in [-0.3, -0.25) is 18.7 Å². The number of hydrogen-bond donors (Lipinski definition) is 0. The summed E-state index contributed by atoms with van der Waals surface area (Å²) in [5.74, 6) is 0.163. The van der Waals surface area contributed by atoms with Gasteiger partial charge in [-0.05, 0) is 12.8 Å². The van der Waals surface area contributed by atoms with Crippen LogP contribution in [0.1, 0.15) is 23.8 Å². The van der Waals surface area contributed by atoms with Crippen LogP contribution in [0.25, 0.3) is 0 Å². The van der Waals surface area contributed by atoms with Crippen LogP contribution in [-0.4, -0.2) is 38.0 Å². The van der Waals surface area contributed by atoms with Crippen molar-refractivity contribution in [2.75, 3.05) is 13.1 Å². The third-order valence-electron chi connectivity index (χ3n) is 4.14. The topological polar surface area (TPSA) is 77.2 Å². The molecule has 0 spiro atoms.